The fraction of sp³-hybridized carbons (Fsp3) is 0.154. The Morgan fingerprint density at radius 1 is 0.552 bits per heavy atom. The van der Waals surface area contributed by atoms with E-state index < -0.39 is 0 Å². The normalized spacial score (nSPS) is 12.3. The highest BCUT2D eigenvalue weighted by molar-refractivity contribution is 6.12. The van der Waals surface area contributed by atoms with Crippen molar-refractivity contribution in [1.29, 1.82) is 0 Å². The molecule has 6 nitrogen and oxygen atoms in total. The summed E-state index contributed by atoms with van der Waals surface area (Å²) in [5.41, 5.74) is 12.0. The lowest BCUT2D eigenvalue weighted by Crippen LogP contribution is -2.15. The molecule has 1 N–H and O–H groups in total. The molecule has 58 heavy (non-hydrogen) atoms. The largest absolute Gasteiger partial charge is 0.353 e. The van der Waals surface area contributed by atoms with Gasteiger partial charge >= 0.3 is 0 Å². The predicted octanol–water partition coefficient (Wildman–Crippen LogP) is 13.7. The third kappa shape index (κ3) is 5.87. The van der Waals surface area contributed by atoms with Crippen molar-refractivity contribution in [1.82, 2.24) is 24.3 Å². The summed E-state index contributed by atoms with van der Waals surface area (Å²) in [6.45, 7) is 13.7. The van der Waals surface area contributed by atoms with Crippen molar-refractivity contribution < 1.29 is 0 Å². The highest BCUT2D eigenvalue weighted by atomic mass is 15.3. The maximum Gasteiger partial charge on any atom is 0.138 e. The van der Waals surface area contributed by atoms with Crippen molar-refractivity contribution in [2.75, 3.05) is 4.90 Å². The van der Waals surface area contributed by atoms with Gasteiger partial charge in [0, 0.05) is 50.2 Å². The number of hydrogen-bond acceptors (Lipinski definition) is 3. The van der Waals surface area contributed by atoms with Gasteiger partial charge < -0.3 is 4.98 Å². The van der Waals surface area contributed by atoms with Gasteiger partial charge in [-0.3, -0.25) is 9.47 Å². The summed E-state index contributed by atoms with van der Waals surface area (Å²) < 4.78 is 4.51. The zero-order valence-electron chi connectivity index (χ0n) is 33.8. The summed E-state index contributed by atoms with van der Waals surface area (Å²) in [5, 5.41) is 10.3. The Balaban J connectivity index is 1.25. The van der Waals surface area contributed by atoms with Crippen LogP contribution in [0, 0.1) is 0 Å². The van der Waals surface area contributed by atoms with Crippen molar-refractivity contribution in [2.45, 2.75) is 52.4 Å². The molecule has 6 heteroatoms. The minimum Gasteiger partial charge on any atom is -0.353 e. The van der Waals surface area contributed by atoms with Crippen LogP contribution in [0.25, 0.3) is 66.2 Å². The van der Waals surface area contributed by atoms with Crippen LogP contribution in [0.1, 0.15) is 52.7 Å². The molecule has 0 fully saturated rings. The summed E-state index contributed by atoms with van der Waals surface area (Å²) in [7, 11) is 0. The molecule has 284 valence electrons. The lowest BCUT2D eigenvalue weighted by atomic mass is 9.84. The van der Waals surface area contributed by atoms with Gasteiger partial charge in [-0.15, -0.1) is 0 Å². The maximum absolute atomic E-state index is 5.61. The molecular weight excluding hydrogens is 709 g/mol. The van der Waals surface area contributed by atoms with Crippen molar-refractivity contribution >= 4 is 60.9 Å². The maximum atomic E-state index is 5.61. The molecule has 10 rings (SSSR count). The van der Waals surface area contributed by atoms with Gasteiger partial charge in [-0.2, -0.15) is 5.10 Å². The highest BCUT2D eigenvalue weighted by Gasteiger charge is 2.26. The molecule has 0 aliphatic carbocycles. The monoisotopic (exact) mass is 754 g/mol. The van der Waals surface area contributed by atoms with E-state index in [9.17, 15) is 0 Å². The number of anilines is 3. The van der Waals surface area contributed by atoms with Gasteiger partial charge in [0.15, 0.2) is 0 Å². The van der Waals surface area contributed by atoms with Crippen molar-refractivity contribution in [3.63, 3.8) is 0 Å². The molecule has 0 radical (unpaired) electrons. The zero-order chi connectivity index (χ0) is 39.8. The molecule has 10 aromatic rings. The lowest BCUT2D eigenvalue weighted by molar-refractivity contribution is 0.590. The lowest BCUT2D eigenvalue weighted by Gasteiger charge is -2.25. The number of benzene rings is 6. The number of pyridine rings is 1. The van der Waals surface area contributed by atoms with Gasteiger partial charge in [0.25, 0.3) is 0 Å². The van der Waals surface area contributed by atoms with E-state index in [4.69, 9.17) is 10.1 Å². The van der Waals surface area contributed by atoms with E-state index in [-0.39, 0.29) is 10.8 Å². The Hall–Kier alpha value is -6.92. The number of hydrogen-bond donors (Lipinski definition) is 1. The first-order valence-electron chi connectivity index (χ1n) is 20.1. The van der Waals surface area contributed by atoms with E-state index in [0.29, 0.717) is 0 Å². The molecule has 0 bridgehead atoms. The van der Waals surface area contributed by atoms with Gasteiger partial charge in [0.05, 0.1) is 22.2 Å². The van der Waals surface area contributed by atoms with Crippen molar-refractivity contribution in [3.8, 4) is 22.6 Å². The number of aromatic nitrogens is 5. The van der Waals surface area contributed by atoms with Gasteiger partial charge in [-0.1, -0.05) is 120 Å². The fourth-order valence-corrected chi connectivity index (χ4v) is 8.38. The molecule has 4 heterocycles. The Morgan fingerprint density at radius 3 is 1.98 bits per heavy atom. The van der Waals surface area contributed by atoms with Crippen LogP contribution in [0.3, 0.4) is 0 Å². The summed E-state index contributed by atoms with van der Waals surface area (Å²) in [6, 6.07) is 56.2. The average molecular weight is 755 g/mol. The van der Waals surface area contributed by atoms with Gasteiger partial charge in [0.2, 0.25) is 0 Å². The van der Waals surface area contributed by atoms with Crippen LogP contribution in [0.15, 0.2) is 164 Å². The van der Waals surface area contributed by atoms with Gasteiger partial charge in [0.1, 0.15) is 17.3 Å². The second kappa shape index (κ2) is 13.3. The summed E-state index contributed by atoms with van der Waals surface area (Å²) in [6.07, 6.45) is 1.85. The van der Waals surface area contributed by atoms with Gasteiger partial charge in [-0.05, 0) is 101 Å². The van der Waals surface area contributed by atoms with E-state index in [1.807, 2.05) is 18.3 Å². The molecule has 0 amide bonds. The molecule has 4 aromatic heterocycles. The first-order valence-corrected chi connectivity index (χ1v) is 20.1. The number of aromatic amines is 1. The summed E-state index contributed by atoms with van der Waals surface area (Å²) in [4.78, 5) is 11.0. The highest BCUT2D eigenvalue weighted by Crippen LogP contribution is 2.44. The number of H-pyrrole nitrogens is 1. The van der Waals surface area contributed by atoms with Crippen LogP contribution < -0.4 is 4.90 Å². The Kier molecular flexibility index (Phi) is 8.17. The third-order valence-corrected chi connectivity index (χ3v) is 11.5. The fourth-order valence-electron chi connectivity index (χ4n) is 8.38. The SMILES string of the molecule is CC(C)(C)c1ccc2[nH]c3c(-n4nc(-c5cccc6c5cc(N(c5ccccc5)c5ccccn5)n6-c5ccccc5)c5ccccc54)cc(C(C)(C)C)cc3c2c1. The Morgan fingerprint density at radius 2 is 1.24 bits per heavy atom. The van der Waals surface area contributed by atoms with Crippen molar-refractivity contribution in [3.05, 3.63) is 175 Å². The quantitative estimate of drug-likeness (QED) is 0.184. The van der Waals surface area contributed by atoms with Crippen LogP contribution in [0.4, 0.5) is 17.3 Å². The zero-order valence-corrected chi connectivity index (χ0v) is 33.8. The number of fused-ring (bicyclic) bond motifs is 5. The molecule has 0 spiro atoms. The first kappa shape index (κ1) is 35.5. The van der Waals surface area contributed by atoms with Crippen LogP contribution in [0.2, 0.25) is 0 Å². The molecule has 0 saturated heterocycles. The van der Waals surface area contributed by atoms with Crippen LogP contribution in [-0.2, 0) is 10.8 Å². The Labute approximate surface area is 339 Å². The second-order valence-corrected chi connectivity index (χ2v) is 17.4. The summed E-state index contributed by atoms with van der Waals surface area (Å²) in [5.74, 6) is 1.82. The molecule has 0 atom stereocenters. The molecule has 6 aromatic carbocycles. The van der Waals surface area contributed by atoms with Gasteiger partial charge in [-0.25, -0.2) is 9.67 Å². The average Bonchev–Trinajstić information content (AvgIpc) is 3.93. The number of nitrogens with zero attached hydrogens (tertiary/aromatic N) is 5. The standard InChI is InChI=1S/C52H46N6/c1-51(2,3)34-27-28-43-40(30-34)42-31-35(52(4,5)6)32-46(50(42)54-43)58-45-24-14-13-22-39(45)49(55-58)38-23-17-25-44-41(38)33-48(56(44)36-18-9-7-10-19-36)57(37-20-11-8-12-21-37)47-26-15-16-29-53-47/h7-33,54H,1-6H3. The van der Waals surface area contributed by atoms with Crippen molar-refractivity contribution in [2.24, 2.45) is 0 Å². The van der Waals surface area contributed by atoms with E-state index in [2.05, 4.69) is 206 Å². The van der Waals surface area contributed by atoms with E-state index in [1.165, 1.54) is 21.9 Å². The molecular formula is C52H46N6. The molecule has 0 unspecified atom stereocenters. The Bertz CT molecular complexity index is 3080. The minimum atomic E-state index is -0.0828. The molecule has 0 saturated carbocycles. The van der Waals surface area contributed by atoms with Crippen LogP contribution in [-0.4, -0.2) is 24.3 Å². The van der Waals surface area contributed by atoms with E-state index >= 15 is 0 Å². The van der Waals surface area contributed by atoms with E-state index in [1.54, 1.807) is 0 Å². The van der Waals surface area contributed by atoms with E-state index in [0.717, 1.165) is 72.8 Å². The number of para-hydroxylation sites is 3. The molecule has 0 aliphatic rings. The topological polar surface area (TPSA) is 54.7 Å². The third-order valence-electron chi connectivity index (χ3n) is 11.5. The summed E-state index contributed by atoms with van der Waals surface area (Å²) >= 11 is 0. The first-order chi connectivity index (χ1) is 28.0. The molecule has 0 aliphatic heterocycles. The number of rotatable bonds is 6. The van der Waals surface area contributed by atoms with Crippen LogP contribution >= 0.6 is 0 Å². The smallest absolute Gasteiger partial charge is 0.138 e. The van der Waals surface area contributed by atoms with Crippen LogP contribution in [0.5, 0.6) is 0 Å². The second-order valence-electron chi connectivity index (χ2n) is 17.4. The number of nitrogens with one attached hydrogen (secondary N) is 1. The predicted molar refractivity (Wildman–Crippen MR) is 243 cm³/mol. The minimum absolute atomic E-state index is 0.0332.